The molecule has 0 radical (unpaired) electrons. The number of rotatable bonds is 1. The van der Waals surface area contributed by atoms with Crippen LogP contribution < -0.4 is 0 Å². The highest BCUT2D eigenvalue weighted by atomic mass is 79.9. The molecule has 0 aliphatic carbocycles. The molecule has 2 aromatic heterocycles. The number of H-pyrrole nitrogens is 1. The Labute approximate surface area is 99.8 Å². The maximum atomic E-state index is 5.11. The molecular formula is C11H8BrN3O. The summed E-state index contributed by atoms with van der Waals surface area (Å²) in [6, 6.07) is 8.03. The quantitative estimate of drug-likeness (QED) is 0.743. The predicted molar refractivity (Wildman–Crippen MR) is 64.0 cm³/mol. The van der Waals surface area contributed by atoms with Crippen molar-refractivity contribution in [2.24, 2.45) is 0 Å². The third kappa shape index (κ3) is 1.53. The van der Waals surface area contributed by atoms with Gasteiger partial charge in [0.15, 0.2) is 5.82 Å². The number of halogens is 1. The summed E-state index contributed by atoms with van der Waals surface area (Å²) in [4.78, 5) is 7.41. The van der Waals surface area contributed by atoms with Gasteiger partial charge in [0.1, 0.15) is 5.69 Å². The minimum Gasteiger partial charge on any atom is -0.351 e. The van der Waals surface area contributed by atoms with Crippen LogP contribution in [-0.4, -0.2) is 15.1 Å². The van der Waals surface area contributed by atoms with Gasteiger partial charge in [0.05, 0.1) is 0 Å². The first kappa shape index (κ1) is 9.59. The molecule has 3 rings (SSSR count). The highest BCUT2D eigenvalue weighted by molar-refractivity contribution is 9.10. The van der Waals surface area contributed by atoms with Crippen LogP contribution in [0, 0.1) is 6.92 Å². The molecule has 0 unspecified atom stereocenters. The highest BCUT2D eigenvalue weighted by Gasteiger charge is 2.09. The van der Waals surface area contributed by atoms with E-state index in [1.54, 1.807) is 6.92 Å². The number of aromatic amines is 1. The molecule has 0 atom stereocenters. The van der Waals surface area contributed by atoms with Crippen LogP contribution in [-0.2, 0) is 0 Å². The largest absolute Gasteiger partial charge is 0.351 e. The van der Waals surface area contributed by atoms with Gasteiger partial charge in [-0.2, -0.15) is 4.98 Å². The molecule has 3 aromatic rings. The van der Waals surface area contributed by atoms with E-state index < -0.39 is 0 Å². The zero-order chi connectivity index (χ0) is 11.1. The van der Waals surface area contributed by atoms with Crippen molar-refractivity contribution in [2.75, 3.05) is 0 Å². The SMILES string of the molecule is Cc1noc(-c2cc3cc(Br)ccc3[nH]2)n1. The monoisotopic (exact) mass is 277 g/mol. The van der Waals surface area contributed by atoms with Crippen LogP contribution in [0.15, 0.2) is 33.3 Å². The van der Waals surface area contributed by atoms with Crippen molar-refractivity contribution in [3.63, 3.8) is 0 Å². The second-order valence-corrected chi connectivity index (χ2v) is 4.48. The number of nitrogens with zero attached hydrogens (tertiary/aromatic N) is 2. The zero-order valence-electron chi connectivity index (χ0n) is 8.49. The first-order valence-corrected chi connectivity index (χ1v) is 5.60. The first-order valence-electron chi connectivity index (χ1n) is 4.81. The molecule has 0 bridgehead atoms. The van der Waals surface area contributed by atoms with E-state index in [9.17, 15) is 0 Å². The second-order valence-electron chi connectivity index (χ2n) is 3.56. The highest BCUT2D eigenvalue weighted by Crippen LogP contribution is 2.25. The summed E-state index contributed by atoms with van der Waals surface area (Å²) < 4.78 is 6.15. The Bertz CT molecular complexity index is 656. The van der Waals surface area contributed by atoms with E-state index >= 15 is 0 Å². The van der Waals surface area contributed by atoms with E-state index in [-0.39, 0.29) is 0 Å². The number of benzene rings is 1. The first-order chi connectivity index (χ1) is 7.72. The summed E-state index contributed by atoms with van der Waals surface area (Å²) in [5.41, 5.74) is 1.89. The average Bonchev–Trinajstić information content (AvgIpc) is 2.83. The van der Waals surface area contributed by atoms with Gasteiger partial charge in [-0.25, -0.2) is 0 Å². The molecule has 0 saturated carbocycles. The van der Waals surface area contributed by atoms with Crippen molar-refractivity contribution < 1.29 is 4.52 Å². The fraction of sp³-hybridized carbons (Fsp3) is 0.0909. The molecule has 2 heterocycles. The molecule has 0 saturated heterocycles. The summed E-state index contributed by atoms with van der Waals surface area (Å²) in [6.45, 7) is 1.80. The van der Waals surface area contributed by atoms with Crippen molar-refractivity contribution in [3.8, 4) is 11.6 Å². The summed E-state index contributed by atoms with van der Waals surface area (Å²) in [7, 11) is 0. The van der Waals surface area contributed by atoms with E-state index in [1.807, 2.05) is 24.3 Å². The Morgan fingerprint density at radius 1 is 1.31 bits per heavy atom. The summed E-state index contributed by atoms with van der Waals surface area (Å²) in [5, 5.41) is 4.88. The number of fused-ring (bicyclic) bond motifs is 1. The number of nitrogens with one attached hydrogen (secondary N) is 1. The smallest absolute Gasteiger partial charge is 0.274 e. The van der Waals surface area contributed by atoms with Crippen molar-refractivity contribution in [1.82, 2.24) is 15.1 Å². The topological polar surface area (TPSA) is 54.7 Å². The lowest BCUT2D eigenvalue weighted by atomic mass is 10.2. The minimum atomic E-state index is 0.518. The fourth-order valence-electron chi connectivity index (χ4n) is 1.63. The molecule has 16 heavy (non-hydrogen) atoms. The normalized spacial score (nSPS) is 11.1. The van der Waals surface area contributed by atoms with Gasteiger partial charge in [-0.15, -0.1) is 0 Å². The lowest BCUT2D eigenvalue weighted by Crippen LogP contribution is -1.76. The fourth-order valence-corrected chi connectivity index (χ4v) is 2.00. The molecule has 0 aliphatic heterocycles. The van der Waals surface area contributed by atoms with E-state index in [1.165, 1.54) is 0 Å². The van der Waals surface area contributed by atoms with Crippen molar-refractivity contribution >= 4 is 26.8 Å². The Kier molecular flexibility index (Phi) is 2.07. The van der Waals surface area contributed by atoms with Crippen LogP contribution in [0.2, 0.25) is 0 Å². The standard InChI is InChI=1S/C11H8BrN3O/c1-6-13-11(16-15-6)10-5-7-4-8(12)2-3-9(7)14-10/h2-5,14H,1H3. The van der Waals surface area contributed by atoms with Crippen molar-refractivity contribution in [2.45, 2.75) is 6.92 Å². The Balaban J connectivity index is 2.18. The molecule has 0 fully saturated rings. The second kappa shape index (κ2) is 3.45. The van der Waals surface area contributed by atoms with E-state index in [0.717, 1.165) is 21.1 Å². The van der Waals surface area contributed by atoms with Crippen LogP contribution in [0.5, 0.6) is 0 Å². The van der Waals surface area contributed by atoms with Crippen LogP contribution in [0.25, 0.3) is 22.5 Å². The van der Waals surface area contributed by atoms with Crippen LogP contribution in [0.4, 0.5) is 0 Å². The number of aryl methyl sites for hydroxylation is 1. The molecule has 4 nitrogen and oxygen atoms in total. The Morgan fingerprint density at radius 3 is 2.94 bits per heavy atom. The van der Waals surface area contributed by atoms with Gasteiger partial charge in [0, 0.05) is 15.4 Å². The third-order valence-electron chi connectivity index (χ3n) is 2.34. The zero-order valence-corrected chi connectivity index (χ0v) is 10.1. The molecule has 1 N–H and O–H groups in total. The molecule has 5 heteroatoms. The van der Waals surface area contributed by atoms with Gasteiger partial charge in [-0.3, -0.25) is 0 Å². The molecule has 0 amide bonds. The molecule has 80 valence electrons. The summed E-state index contributed by atoms with van der Waals surface area (Å²) >= 11 is 3.44. The van der Waals surface area contributed by atoms with Crippen LogP contribution in [0.1, 0.15) is 5.82 Å². The average molecular weight is 278 g/mol. The predicted octanol–water partition coefficient (Wildman–Crippen LogP) is 3.29. The van der Waals surface area contributed by atoms with Gasteiger partial charge < -0.3 is 9.51 Å². The lowest BCUT2D eigenvalue weighted by Gasteiger charge is -1.89. The third-order valence-corrected chi connectivity index (χ3v) is 2.83. The van der Waals surface area contributed by atoms with Gasteiger partial charge in [-0.05, 0) is 31.2 Å². The van der Waals surface area contributed by atoms with E-state index in [4.69, 9.17) is 4.52 Å². The lowest BCUT2D eigenvalue weighted by molar-refractivity contribution is 0.424. The van der Waals surface area contributed by atoms with Gasteiger partial charge in [0.25, 0.3) is 5.89 Å². The Hall–Kier alpha value is -1.62. The van der Waals surface area contributed by atoms with Gasteiger partial charge >= 0.3 is 0 Å². The summed E-state index contributed by atoms with van der Waals surface area (Å²) in [6.07, 6.45) is 0. The maximum Gasteiger partial charge on any atom is 0.274 e. The summed E-state index contributed by atoms with van der Waals surface area (Å²) in [5.74, 6) is 1.15. The minimum absolute atomic E-state index is 0.518. The van der Waals surface area contributed by atoms with Gasteiger partial charge in [0.2, 0.25) is 0 Å². The molecule has 0 spiro atoms. The van der Waals surface area contributed by atoms with Crippen LogP contribution >= 0.6 is 15.9 Å². The number of aromatic nitrogens is 3. The van der Waals surface area contributed by atoms with Crippen LogP contribution in [0.3, 0.4) is 0 Å². The van der Waals surface area contributed by atoms with E-state index in [0.29, 0.717) is 11.7 Å². The van der Waals surface area contributed by atoms with Crippen molar-refractivity contribution in [3.05, 3.63) is 34.6 Å². The van der Waals surface area contributed by atoms with E-state index in [2.05, 4.69) is 31.1 Å². The van der Waals surface area contributed by atoms with Gasteiger partial charge in [-0.1, -0.05) is 21.1 Å². The molecular weight excluding hydrogens is 270 g/mol. The maximum absolute atomic E-state index is 5.11. The number of hydrogen-bond donors (Lipinski definition) is 1. The molecule has 0 aliphatic rings. The number of hydrogen-bond acceptors (Lipinski definition) is 3. The van der Waals surface area contributed by atoms with Crippen molar-refractivity contribution in [1.29, 1.82) is 0 Å². The Morgan fingerprint density at radius 2 is 2.19 bits per heavy atom. The molecule has 1 aromatic carbocycles.